The van der Waals surface area contributed by atoms with Crippen molar-refractivity contribution in [3.63, 3.8) is 0 Å². The zero-order valence-corrected chi connectivity index (χ0v) is 22.9. The first-order valence-corrected chi connectivity index (χ1v) is 14.8. The summed E-state index contributed by atoms with van der Waals surface area (Å²) in [7, 11) is 1.76. The molecule has 0 bridgehead atoms. The maximum Gasteiger partial charge on any atom is 0.175 e. The highest BCUT2D eigenvalue weighted by Gasteiger charge is 2.53. The lowest BCUT2D eigenvalue weighted by molar-refractivity contribution is -0.0571. The third-order valence-corrected chi connectivity index (χ3v) is 10.3. The van der Waals surface area contributed by atoms with Gasteiger partial charge in [0, 0.05) is 38.9 Å². The van der Waals surface area contributed by atoms with Crippen LogP contribution < -0.4 is 14.5 Å². The van der Waals surface area contributed by atoms with E-state index in [1.54, 1.807) is 7.11 Å². The van der Waals surface area contributed by atoms with E-state index in [4.69, 9.17) is 24.2 Å². The Labute approximate surface area is 228 Å². The van der Waals surface area contributed by atoms with Gasteiger partial charge in [-0.05, 0) is 56.4 Å². The molecule has 0 amide bonds. The van der Waals surface area contributed by atoms with E-state index in [0.717, 1.165) is 79.4 Å². The molecule has 10 heteroatoms. The summed E-state index contributed by atoms with van der Waals surface area (Å²) in [6.45, 7) is 4.98. The number of aliphatic hydroxyl groups excluding tert-OH is 1. The van der Waals surface area contributed by atoms with Gasteiger partial charge in [0.2, 0.25) is 0 Å². The predicted molar refractivity (Wildman–Crippen MR) is 144 cm³/mol. The van der Waals surface area contributed by atoms with E-state index >= 15 is 0 Å². The van der Waals surface area contributed by atoms with Crippen LogP contribution in [0.2, 0.25) is 0 Å². The Bertz CT molecular complexity index is 1190. The van der Waals surface area contributed by atoms with Gasteiger partial charge in [0.05, 0.1) is 42.6 Å². The quantitative estimate of drug-likeness (QED) is 0.586. The minimum Gasteiger partial charge on any atom is -0.486 e. The molecule has 4 fully saturated rings. The second-order valence-corrected chi connectivity index (χ2v) is 12.9. The number of hydrogen-bond acceptors (Lipinski definition) is 10. The van der Waals surface area contributed by atoms with E-state index in [0.29, 0.717) is 29.7 Å². The van der Waals surface area contributed by atoms with Crippen LogP contribution in [0.25, 0.3) is 0 Å². The Morgan fingerprint density at radius 3 is 2.79 bits per heavy atom. The molecule has 2 spiro atoms. The Hall–Kier alpha value is -2.14. The number of nitrogens with zero attached hydrogens (tertiary/aromatic N) is 5. The number of hydrogen-bond donors (Lipinski definition) is 1. The van der Waals surface area contributed by atoms with Gasteiger partial charge in [-0.25, -0.2) is 15.0 Å². The Morgan fingerprint density at radius 1 is 1.18 bits per heavy atom. The van der Waals surface area contributed by atoms with Crippen molar-refractivity contribution in [2.24, 2.45) is 11.3 Å². The lowest BCUT2D eigenvalue weighted by Crippen LogP contribution is -2.43. The SMILES string of the molecule is COC[C@H]1C[C@H]2COc3c(Sc4cnc(N5CCC6(CC5)COC5(CCC5)C6)c(CO)n4)ccnc3N2C1. The van der Waals surface area contributed by atoms with Crippen molar-refractivity contribution in [2.45, 2.75) is 73.1 Å². The molecule has 5 aliphatic rings. The van der Waals surface area contributed by atoms with Crippen LogP contribution in [-0.4, -0.2) is 78.3 Å². The Kier molecular flexibility index (Phi) is 6.41. The van der Waals surface area contributed by atoms with Gasteiger partial charge in [-0.3, -0.25) is 0 Å². The van der Waals surface area contributed by atoms with Crippen LogP contribution in [0.3, 0.4) is 0 Å². The van der Waals surface area contributed by atoms with Gasteiger partial charge in [0.1, 0.15) is 17.3 Å². The van der Waals surface area contributed by atoms with Crippen molar-refractivity contribution in [3.05, 3.63) is 24.2 Å². The molecule has 0 unspecified atom stereocenters. The van der Waals surface area contributed by atoms with Gasteiger partial charge in [0.25, 0.3) is 0 Å². The monoisotopic (exact) mass is 539 g/mol. The number of pyridine rings is 1. The average molecular weight is 540 g/mol. The lowest BCUT2D eigenvalue weighted by Gasteiger charge is -2.42. The number of aliphatic hydroxyl groups is 1. The highest BCUT2D eigenvalue weighted by atomic mass is 32.2. The molecule has 1 N–H and O–H groups in total. The molecule has 7 rings (SSSR count). The maximum atomic E-state index is 10.2. The van der Waals surface area contributed by atoms with Crippen molar-refractivity contribution in [1.29, 1.82) is 0 Å². The van der Waals surface area contributed by atoms with Gasteiger partial charge in [-0.2, -0.15) is 0 Å². The van der Waals surface area contributed by atoms with Crippen LogP contribution >= 0.6 is 11.8 Å². The predicted octanol–water partition coefficient (Wildman–Crippen LogP) is 3.68. The molecule has 1 aliphatic carbocycles. The summed E-state index contributed by atoms with van der Waals surface area (Å²) in [5.41, 5.74) is 1.14. The topological polar surface area (TPSA) is 93.1 Å². The van der Waals surface area contributed by atoms with Crippen molar-refractivity contribution >= 4 is 23.4 Å². The molecule has 4 aliphatic heterocycles. The van der Waals surface area contributed by atoms with Crippen LogP contribution in [0.5, 0.6) is 5.75 Å². The number of piperidine rings is 1. The summed E-state index contributed by atoms with van der Waals surface area (Å²) in [5, 5.41) is 11.0. The minimum atomic E-state index is -0.133. The molecule has 9 nitrogen and oxygen atoms in total. The van der Waals surface area contributed by atoms with Gasteiger partial charge >= 0.3 is 0 Å². The summed E-state index contributed by atoms with van der Waals surface area (Å²) < 4.78 is 17.9. The summed E-state index contributed by atoms with van der Waals surface area (Å²) >= 11 is 1.52. The van der Waals surface area contributed by atoms with Crippen molar-refractivity contribution in [1.82, 2.24) is 15.0 Å². The third-order valence-electron chi connectivity index (χ3n) is 9.38. The van der Waals surface area contributed by atoms with Crippen molar-refractivity contribution in [3.8, 4) is 5.75 Å². The summed E-state index contributed by atoms with van der Waals surface area (Å²) in [6.07, 6.45) is 11.9. The molecular formula is C28H37N5O4S. The lowest BCUT2D eigenvalue weighted by atomic mass is 9.68. The first-order chi connectivity index (χ1) is 18.6. The molecule has 204 valence electrons. The van der Waals surface area contributed by atoms with E-state index in [-0.39, 0.29) is 12.2 Å². The Balaban J connectivity index is 1.05. The smallest absolute Gasteiger partial charge is 0.175 e. The van der Waals surface area contributed by atoms with Crippen LogP contribution in [0.4, 0.5) is 11.6 Å². The molecule has 1 saturated carbocycles. The first-order valence-electron chi connectivity index (χ1n) is 14.0. The number of ether oxygens (including phenoxy) is 3. The zero-order valence-electron chi connectivity index (χ0n) is 22.1. The summed E-state index contributed by atoms with van der Waals surface area (Å²) in [4.78, 5) is 19.9. The van der Waals surface area contributed by atoms with Crippen LogP contribution in [0.1, 0.15) is 50.6 Å². The van der Waals surface area contributed by atoms with E-state index in [2.05, 4.69) is 14.8 Å². The molecule has 38 heavy (non-hydrogen) atoms. The van der Waals surface area contributed by atoms with Crippen LogP contribution in [0.15, 0.2) is 28.4 Å². The highest BCUT2D eigenvalue weighted by molar-refractivity contribution is 7.99. The maximum absolute atomic E-state index is 10.2. The first kappa shape index (κ1) is 24.9. The van der Waals surface area contributed by atoms with E-state index in [1.165, 1.54) is 37.4 Å². The van der Waals surface area contributed by atoms with Gasteiger partial charge < -0.3 is 29.1 Å². The van der Waals surface area contributed by atoms with E-state index in [1.807, 2.05) is 18.5 Å². The molecule has 3 saturated heterocycles. The van der Waals surface area contributed by atoms with Crippen molar-refractivity contribution in [2.75, 3.05) is 56.4 Å². The standard InChI is InChI=1S/C28H37N5O4S/c1-35-15-19-11-20-16-36-24-22(3-8-29-26(24)33(20)13-19)38-23-12-30-25(21(14-34)31-23)32-9-6-27(7-10-32)17-28(37-18-27)4-2-5-28/h3,8,12,19-20,34H,2,4-7,9-11,13-18H2,1H3/t19-,20-/m0/s1. The zero-order chi connectivity index (χ0) is 25.7. The molecule has 0 radical (unpaired) electrons. The number of anilines is 2. The second-order valence-electron chi connectivity index (χ2n) is 11.9. The third kappa shape index (κ3) is 4.33. The van der Waals surface area contributed by atoms with Gasteiger partial charge in [0.15, 0.2) is 17.4 Å². The average Bonchev–Trinajstić information content (AvgIpc) is 3.52. The van der Waals surface area contributed by atoms with Gasteiger partial charge in [-0.15, -0.1) is 0 Å². The molecule has 6 heterocycles. The number of aromatic nitrogens is 3. The van der Waals surface area contributed by atoms with E-state index in [9.17, 15) is 5.11 Å². The fourth-order valence-electron chi connectivity index (χ4n) is 7.24. The van der Waals surface area contributed by atoms with Crippen LogP contribution in [0, 0.1) is 11.3 Å². The molecule has 2 aromatic heterocycles. The molecular weight excluding hydrogens is 502 g/mol. The van der Waals surface area contributed by atoms with Gasteiger partial charge in [-0.1, -0.05) is 11.8 Å². The van der Waals surface area contributed by atoms with Crippen molar-refractivity contribution < 1.29 is 19.3 Å². The number of methoxy groups -OCH3 is 1. The summed E-state index contributed by atoms with van der Waals surface area (Å²) in [6, 6.07) is 2.32. The number of rotatable bonds is 6. The largest absolute Gasteiger partial charge is 0.486 e. The summed E-state index contributed by atoms with van der Waals surface area (Å²) in [5.74, 6) is 3.01. The fourth-order valence-corrected chi connectivity index (χ4v) is 8.10. The molecule has 2 atom stereocenters. The minimum absolute atomic E-state index is 0.133. The molecule has 2 aromatic rings. The normalized spacial score (nSPS) is 26.8. The Morgan fingerprint density at radius 2 is 2.05 bits per heavy atom. The fraction of sp³-hybridized carbons (Fsp3) is 0.679. The second kappa shape index (κ2) is 9.80. The molecule has 0 aromatic carbocycles. The highest BCUT2D eigenvalue weighted by Crippen LogP contribution is 2.54. The van der Waals surface area contributed by atoms with Crippen LogP contribution in [-0.2, 0) is 16.1 Å². The number of fused-ring (bicyclic) bond motifs is 3. The van der Waals surface area contributed by atoms with E-state index < -0.39 is 0 Å².